The van der Waals surface area contributed by atoms with E-state index in [9.17, 15) is 8.42 Å². The minimum Gasteiger partial charge on any atom is -0.441 e. The molecular formula is C17H17ClN2O3S2. The van der Waals surface area contributed by atoms with Crippen LogP contribution in [-0.4, -0.2) is 19.9 Å². The van der Waals surface area contributed by atoms with Crippen LogP contribution in [0.15, 0.2) is 45.0 Å². The molecule has 0 spiro atoms. The number of nitrogens with zero attached hydrogens (tertiary/aromatic N) is 1. The van der Waals surface area contributed by atoms with Crippen LogP contribution < -0.4 is 4.72 Å². The summed E-state index contributed by atoms with van der Waals surface area (Å²) in [6, 6.07) is 11.0. The number of nitrogens with one attached hydrogen (secondary N) is 1. The molecule has 0 radical (unpaired) electrons. The number of aryl methyl sites for hydroxylation is 2. The summed E-state index contributed by atoms with van der Waals surface area (Å²) in [5.41, 5.74) is 2.80. The summed E-state index contributed by atoms with van der Waals surface area (Å²) in [7, 11) is -3.55. The van der Waals surface area contributed by atoms with Crippen molar-refractivity contribution in [1.82, 2.24) is 9.71 Å². The molecule has 5 nitrogen and oxygen atoms in total. The van der Waals surface area contributed by atoms with E-state index in [0.717, 1.165) is 28.2 Å². The number of hydrogen-bond acceptors (Lipinski definition) is 5. The lowest BCUT2D eigenvalue weighted by atomic mass is 10.1. The minimum absolute atomic E-state index is 0.203. The molecule has 8 heteroatoms. The molecule has 25 heavy (non-hydrogen) atoms. The zero-order valence-electron chi connectivity index (χ0n) is 13.7. The molecule has 0 amide bonds. The summed E-state index contributed by atoms with van der Waals surface area (Å²) in [6.45, 7) is 4.08. The topological polar surface area (TPSA) is 72.2 Å². The van der Waals surface area contributed by atoms with Crippen LogP contribution in [0.3, 0.4) is 0 Å². The summed E-state index contributed by atoms with van der Waals surface area (Å²) in [5, 5.41) is 0. The quantitative estimate of drug-likeness (QED) is 0.677. The number of rotatable bonds is 6. The van der Waals surface area contributed by atoms with Crippen molar-refractivity contribution in [3.8, 4) is 11.5 Å². The first-order chi connectivity index (χ1) is 11.8. The molecule has 132 valence electrons. The zero-order valence-corrected chi connectivity index (χ0v) is 16.1. The molecule has 0 bridgehead atoms. The van der Waals surface area contributed by atoms with Gasteiger partial charge in [-0.2, -0.15) is 0 Å². The minimum atomic E-state index is -3.55. The molecule has 3 rings (SSSR count). The van der Waals surface area contributed by atoms with Gasteiger partial charge < -0.3 is 4.42 Å². The van der Waals surface area contributed by atoms with Crippen LogP contribution in [0, 0.1) is 13.8 Å². The van der Waals surface area contributed by atoms with Crippen molar-refractivity contribution in [2.45, 2.75) is 24.5 Å². The lowest BCUT2D eigenvalue weighted by molar-refractivity contribution is 0.538. The molecule has 1 N–H and O–H groups in total. The van der Waals surface area contributed by atoms with Crippen molar-refractivity contribution >= 4 is 33.0 Å². The highest BCUT2D eigenvalue weighted by Crippen LogP contribution is 2.25. The smallest absolute Gasteiger partial charge is 0.250 e. The van der Waals surface area contributed by atoms with Gasteiger partial charge in [0.15, 0.2) is 0 Å². The van der Waals surface area contributed by atoms with Crippen molar-refractivity contribution < 1.29 is 12.8 Å². The molecule has 0 saturated carbocycles. The zero-order chi connectivity index (χ0) is 18.0. The Labute approximate surface area is 155 Å². The first-order valence-corrected chi connectivity index (χ1v) is 10.3. The number of hydrogen-bond donors (Lipinski definition) is 1. The lowest BCUT2D eigenvalue weighted by Crippen LogP contribution is -2.25. The lowest BCUT2D eigenvalue weighted by Gasteiger charge is -2.03. The SMILES string of the molecule is Cc1ccc(-c2nc(CCNS(=O)(=O)c3ccc(Cl)s3)c(C)o2)cc1. The van der Waals surface area contributed by atoms with Crippen molar-refractivity contribution in [3.05, 3.63) is 57.8 Å². The Kier molecular flexibility index (Phi) is 5.29. The largest absolute Gasteiger partial charge is 0.441 e. The van der Waals surface area contributed by atoms with E-state index in [2.05, 4.69) is 9.71 Å². The fraction of sp³-hybridized carbons (Fsp3) is 0.235. The van der Waals surface area contributed by atoms with Crippen LogP contribution in [0.2, 0.25) is 4.34 Å². The molecule has 0 aliphatic rings. The van der Waals surface area contributed by atoms with Crippen LogP contribution >= 0.6 is 22.9 Å². The van der Waals surface area contributed by atoms with Crippen LogP contribution in [0.4, 0.5) is 0 Å². The standard InChI is InChI=1S/C17H17ClN2O3S2/c1-11-3-5-13(6-4-11)17-20-14(12(2)23-17)9-10-19-25(21,22)16-8-7-15(18)24-16/h3-8,19H,9-10H2,1-2H3. The highest BCUT2D eigenvalue weighted by molar-refractivity contribution is 7.91. The second-order valence-corrected chi connectivity index (χ2v) is 9.30. The van der Waals surface area contributed by atoms with Crippen LogP contribution in [0.1, 0.15) is 17.0 Å². The molecule has 0 fully saturated rings. The third-order valence-electron chi connectivity index (χ3n) is 3.66. The molecule has 3 aromatic rings. The summed E-state index contributed by atoms with van der Waals surface area (Å²) in [6.07, 6.45) is 0.444. The summed E-state index contributed by atoms with van der Waals surface area (Å²) in [4.78, 5) is 4.49. The predicted octanol–water partition coefficient (Wildman–Crippen LogP) is 4.19. The molecule has 0 saturated heterocycles. The van der Waals surface area contributed by atoms with Crippen molar-refractivity contribution in [2.24, 2.45) is 0 Å². The fourth-order valence-corrected chi connectivity index (χ4v) is 4.86. The van der Waals surface area contributed by atoms with E-state index in [-0.39, 0.29) is 10.8 Å². The highest BCUT2D eigenvalue weighted by Gasteiger charge is 2.17. The molecule has 0 atom stereocenters. The molecule has 2 heterocycles. The van der Waals surface area contributed by atoms with Crippen LogP contribution in [0.5, 0.6) is 0 Å². The highest BCUT2D eigenvalue weighted by atomic mass is 35.5. The van der Waals surface area contributed by atoms with E-state index in [1.54, 1.807) is 6.07 Å². The maximum absolute atomic E-state index is 12.2. The van der Waals surface area contributed by atoms with Gasteiger partial charge >= 0.3 is 0 Å². The van der Waals surface area contributed by atoms with Gasteiger partial charge in [0.2, 0.25) is 15.9 Å². The molecule has 0 aliphatic heterocycles. The van der Waals surface area contributed by atoms with Crippen molar-refractivity contribution in [3.63, 3.8) is 0 Å². The van der Waals surface area contributed by atoms with Crippen molar-refractivity contribution in [2.75, 3.05) is 6.54 Å². The summed E-state index contributed by atoms with van der Waals surface area (Å²) in [5.74, 6) is 1.23. The van der Waals surface area contributed by atoms with Crippen LogP contribution in [0.25, 0.3) is 11.5 Å². The van der Waals surface area contributed by atoms with E-state index in [1.165, 1.54) is 6.07 Å². The average molecular weight is 397 g/mol. The van der Waals surface area contributed by atoms with Gasteiger partial charge in [-0.05, 0) is 38.1 Å². The van der Waals surface area contributed by atoms with Gasteiger partial charge in [-0.15, -0.1) is 11.3 Å². The molecule has 2 aromatic heterocycles. The number of sulfonamides is 1. The monoisotopic (exact) mass is 396 g/mol. The molecule has 0 unspecified atom stereocenters. The van der Waals surface area contributed by atoms with E-state index in [0.29, 0.717) is 22.4 Å². The van der Waals surface area contributed by atoms with E-state index in [1.807, 2.05) is 38.1 Å². The third kappa shape index (κ3) is 4.30. The van der Waals surface area contributed by atoms with Gasteiger partial charge in [0, 0.05) is 18.5 Å². The summed E-state index contributed by atoms with van der Waals surface area (Å²) >= 11 is 6.82. The molecule has 0 aliphatic carbocycles. The number of oxazole rings is 1. The van der Waals surface area contributed by atoms with Crippen LogP contribution in [-0.2, 0) is 16.4 Å². The Morgan fingerprint density at radius 1 is 1.16 bits per heavy atom. The number of benzene rings is 1. The first-order valence-electron chi connectivity index (χ1n) is 7.63. The van der Waals surface area contributed by atoms with E-state index >= 15 is 0 Å². The normalized spacial score (nSPS) is 11.8. The Balaban J connectivity index is 1.67. The van der Waals surface area contributed by atoms with Gasteiger partial charge in [-0.1, -0.05) is 29.3 Å². The van der Waals surface area contributed by atoms with Crippen molar-refractivity contribution in [1.29, 1.82) is 0 Å². The third-order valence-corrected chi connectivity index (χ3v) is 6.84. The molecule has 1 aromatic carbocycles. The fourth-order valence-electron chi connectivity index (χ4n) is 2.30. The summed E-state index contributed by atoms with van der Waals surface area (Å²) < 4.78 is 33.3. The predicted molar refractivity (Wildman–Crippen MR) is 99.6 cm³/mol. The maximum atomic E-state index is 12.2. The Bertz CT molecular complexity index is 976. The van der Waals surface area contributed by atoms with Gasteiger partial charge in [-0.25, -0.2) is 18.1 Å². The average Bonchev–Trinajstić information content (AvgIpc) is 3.15. The second kappa shape index (κ2) is 7.29. The molecular weight excluding hydrogens is 380 g/mol. The second-order valence-electron chi connectivity index (χ2n) is 5.59. The number of thiophene rings is 1. The van der Waals surface area contributed by atoms with E-state index < -0.39 is 10.0 Å². The Morgan fingerprint density at radius 3 is 2.52 bits per heavy atom. The van der Waals surface area contributed by atoms with Gasteiger partial charge in [0.25, 0.3) is 0 Å². The van der Waals surface area contributed by atoms with Gasteiger partial charge in [0.1, 0.15) is 9.97 Å². The number of aromatic nitrogens is 1. The Hall–Kier alpha value is -1.67. The van der Waals surface area contributed by atoms with Gasteiger partial charge in [0.05, 0.1) is 10.0 Å². The maximum Gasteiger partial charge on any atom is 0.250 e. The number of halogens is 1. The Morgan fingerprint density at radius 2 is 1.88 bits per heavy atom. The van der Waals surface area contributed by atoms with E-state index in [4.69, 9.17) is 16.0 Å². The van der Waals surface area contributed by atoms with Gasteiger partial charge in [-0.3, -0.25) is 0 Å². The first kappa shape index (κ1) is 18.1.